The molecule has 0 aromatic heterocycles. The van der Waals surface area contributed by atoms with Crippen molar-refractivity contribution in [3.8, 4) is 0 Å². The van der Waals surface area contributed by atoms with Crippen LogP contribution in [0.5, 0.6) is 0 Å². The van der Waals surface area contributed by atoms with Gasteiger partial charge in [-0.05, 0) is 38.2 Å². The summed E-state index contributed by atoms with van der Waals surface area (Å²) >= 11 is 3.67. The van der Waals surface area contributed by atoms with Gasteiger partial charge in [0.25, 0.3) is 0 Å². The first-order valence-corrected chi connectivity index (χ1v) is 15.0. The molecule has 3 rings (SSSR count). The first-order valence-electron chi connectivity index (χ1n) is 13.0. The summed E-state index contributed by atoms with van der Waals surface area (Å²) in [7, 11) is 0. The zero-order valence-electron chi connectivity index (χ0n) is 21.9. The van der Waals surface area contributed by atoms with Crippen molar-refractivity contribution in [2.45, 2.75) is 75.6 Å². The van der Waals surface area contributed by atoms with E-state index in [4.69, 9.17) is 9.47 Å². The number of aryl methyl sites for hydroxylation is 1. The smallest absolute Gasteiger partial charge is 0.328 e. The molecule has 0 aliphatic carbocycles. The van der Waals surface area contributed by atoms with Gasteiger partial charge in [-0.15, -0.1) is 23.5 Å². The number of likely N-dealkylation sites (tertiary alicyclic amines) is 1. The van der Waals surface area contributed by atoms with Crippen LogP contribution < -0.4 is 5.32 Å². The Bertz CT molecular complexity index is 878. The third kappa shape index (κ3) is 7.65. The zero-order valence-corrected chi connectivity index (χ0v) is 23.5. The lowest BCUT2D eigenvalue weighted by Gasteiger charge is -2.29. The number of nitrogens with one attached hydrogen (secondary N) is 1. The molecule has 0 radical (unpaired) electrons. The normalized spacial score (nSPS) is 21.2. The van der Waals surface area contributed by atoms with Gasteiger partial charge in [0.15, 0.2) is 0 Å². The van der Waals surface area contributed by atoms with E-state index in [-0.39, 0.29) is 34.4 Å². The molecule has 2 saturated heterocycles. The van der Waals surface area contributed by atoms with E-state index in [1.54, 1.807) is 18.7 Å². The average molecular weight is 537 g/mol. The second-order valence-corrected chi connectivity index (χ2v) is 12.9. The Balaban J connectivity index is 1.70. The summed E-state index contributed by atoms with van der Waals surface area (Å²) in [6, 6.07) is 8.07. The van der Waals surface area contributed by atoms with Crippen molar-refractivity contribution < 1.29 is 23.9 Å². The first kappa shape index (κ1) is 28.9. The lowest BCUT2D eigenvalue weighted by atomic mass is 10.0. The van der Waals surface area contributed by atoms with Gasteiger partial charge >= 0.3 is 11.9 Å². The van der Waals surface area contributed by atoms with Crippen molar-refractivity contribution >= 4 is 41.4 Å². The molecule has 36 heavy (non-hydrogen) atoms. The summed E-state index contributed by atoms with van der Waals surface area (Å²) in [6.07, 6.45) is 2.71. The standard InChI is InChI=1S/C27H40N2O5S2/c1-5-19(3)17-34-26(32)23-16-27(35-14-15-36-27)18-29(23)24(30)20(4)28-22(25(31)33-6-2)13-12-21-10-8-7-9-11-21/h7-11,19-20,22-23,28H,5-6,12-18H2,1-4H3. The maximum Gasteiger partial charge on any atom is 0.328 e. The summed E-state index contributed by atoms with van der Waals surface area (Å²) in [4.78, 5) is 41.1. The molecule has 2 aliphatic heterocycles. The van der Waals surface area contributed by atoms with Crippen molar-refractivity contribution in [1.82, 2.24) is 10.2 Å². The lowest BCUT2D eigenvalue weighted by Crippen LogP contribution is -2.53. The van der Waals surface area contributed by atoms with E-state index < -0.39 is 18.1 Å². The van der Waals surface area contributed by atoms with Gasteiger partial charge in [-0.2, -0.15) is 0 Å². The van der Waals surface area contributed by atoms with Crippen LogP contribution in [0, 0.1) is 5.92 Å². The maximum atomic E-state index is 13.7. The molecule has 2 fully saturated rings. The maximum absolute atomic E-state index is 13.7. The monoisotopic (exact) mass is 536 g/mol. The van der Waals surface area contributed by atoms with Gasteiger partial charge in [0.05, 0.1) is 23.3 Å². The fourth-order valence-electron chi connectivity index (χ4n) is 4.52. The number of rotatable bonds is 12. The highest BCUT2D eigenvalue weighted by molar-refractivity contribution is 8.21. The highest BCUT2D eigenvalue weighted by atomic mass is 32.2. The number of carbonyl (C=O) groups is 3. The molecule has 9 heteroatoms. The molecule has 4 atom stereocenters. The van der Waals surface area contributed by atoms with Gasteiger partial charge in [-0.3, -0.25) is 14.9 Å². The third-order valence-electron chi connectivity index (χ3n) is 6.82. The van der Waals surface area contributed by atoms with Gasteiger partial charge in [0.2, 0.25) is 5.91 Å². The van der Waals surface area contributed by atoms with Crippen LogP contribution in [0.1, 0.15) is 52.5 Å². The van der Waals surface area contributed by atoms with Gasteiger partial charge in [0.1, 0.15) is 12.1 Å². The second kappa shape index (κ2) is 13.7. The fraction of sp³-hybridized carbons (Fsp3) is 0.667. The van der Waals surface area contributed by atoms with Crippen molar-refractivity contribution in [3.05, 3.63) is 35.9 Å². The van der Waals surface area contributed by atoms with Gasteiger partial charge in [-0.1, -0.05) is 50.6 Å². The van der Waals surface area contributed by atoms with Gasteiger partial charge < -0.3 is 14.4 Å². The van der Waals surface area contributed by atoms with E-state index in [2.05, 4.69) is 12.2 Å². The molecule has 4 unspecified atom stereocenters. The number of esters is 2. The summed E-state index contributed by atoms with van der Waals surface area (Å²) < 4.78 is 10.8. The fourth-order valence-corrected chi connectivity index (χ4v) is 7.77. The number of ether oxygens (including phenoxy) is 2. The average Bonchev–Trinajstić information content (AvgIpc) is 3.51. The molecule has 1 N–H and O–H groups in total. The molecular weight excluding hydrogens is 496 g/mol. The largest absolute Gasteiger partial charge is 0.465 e. The minimum absolute atomic E-state index is 0.163. The van der Waals surface area contributed by atoms with Crippen LogP contribution in [0.25, 0.3) is 0 Å². The van der Waals surface area contributed by atoms with Crippen LogP contribution >= 0.6 is 23.5 Å². The Kier molecular flexibility index (Phi) is 11.0. The van der Waals surface area contributed by atoms with Crippen LogP contribution in [0.3, 0.4) is 0 Å². The molecule has 2 heterocycles. The summed E-state index contributed by atoms with van der Waals surface area (Å²) in [5, 5.41) is 3.21. The minimum Gasteiger partial charge on any atom is -0.465 e. The Hall–Kier alpha value is -1.71. The number of thioether (sulfide) groups is 2. The van der Waals surface area contributed by atoms with Crippen molar-refractivity contribution in [2.24, 2.45) is 5.92 Å². The summed E-state index contributed by atoms with van der Waals surface area (Å²) in [5.74, 6) is 1.43. The highest BCUT2D eigenvalue weighted by Crippen LogP contribution is 2.52. The summed E-state index contributed by atoms with van der Waals surface area (Å²) in [5.41, 5.74) is 1.12. The predicted octanol–water partition coefficient (Wildman–Crippen LogP) is 3.90. The number of hydrogen-bond donors (Lipinski definition) is 1. The van der Waals surface area contributed by atoms with E-state index in [9.17, 15) is 14.4 Å². The van der Waals surface area contributed by atoms with Crippen LogP contribution in [0.2, 0.25) is 0 Å². The Morgan fingerprint density at radius 1 is 1.11 bits per heavy atom. The van der Waals surface area contributed by atoms with E-state index in [0.717, 1.165) is 23.5 Å². The number of benzene rings is 1. The van der Waals surface area contributed by atoms with E-state index in [1.807, 2.05) is 60.8 Å². The van der Waals surface area contributed by atoms with Crippen molar-refractivity contribution in [3.63, 3.8) is 0 Å². The lowest BCUT2D eigenvalue weighted by molar-refractivity contribution is -0.155. The van der Waals surface area contributed by atoms with Crippen LogP contribution in [-0.2, 0) is 30.3 Å². The Morgan fingerprint density at radius 2 is 1.81 bits per heavy atom. The molecule has 1 amide bonds. The Labute approximate surface area is 223 Å². The highest BCUT2D eigenvalue weighted by Gasteiger charge is 2.52. The van der Waals surface area contributed by atoms with E-state index in [0.29, 0.717) is 32.4 Å². The molecule has 0 bridgehead atoms. The molecule has 1 spiro atoms. The zero-order chi connectivity index (χ0) is 26.1. The Morgan fingerprint density at radius 3 is 2.44 bits per heavy atom. The second-order valence-electron chi connectivity index (χ2n) is 9.65. The number of carbonyl (C=O) groups excluding carboxylic acids is 3. The number of nitrogens with zero attached hydrogens (tertiary/aromatic N) is 1. The molecule has 1 aromatic carbocycles. The van der Waals surface area contributed by atoms with Crippen molar-refractivity contribution in [2.75, 3.05) is 31.3 Å². The van der Waals surface area contributed by atoms with Crippen LogP contribution in [0.4, 0.5) is 0 Å². The molecular formula is C27H40N2O5S2. The first-order chi connectivity index (χ1) is 17.3. The molecule has 1 aromatic rings. The summed E-state index contributed by atoms with van der Waals surface area (Å²) in [6.45, 7) is 8.79. The quantitative estimate of drug-likeness (QED) is 0.403. The van der Waals surface area contributed by atoms with Crippen LogP contribution in [0.15, 0.2) is 30.3 Å². The number of hydrogen-bond acceptors (Lipinski definition) is 8. The topological polar surface area (TPSA) is 84.9 Å². The van der Waals surface area contributed by atoms with E-state index in [1.165, 1.54) is 0 Å². The molecule has 2 aliphatic rings. The SMILES string of the molecule is CCOC(=O)C(CCc1ccccc1)NC(C)C(=O)N1CC2(CC1C(=O)OCC(C)CC)SCCS2. The van der Waals surface area contributed by atoms with E-state index >= 15 is 0 Å². The van der Waals surface area contributed by atoms with Gasteiger partial charge in [-0.25, -0.2) is 4.79 Å². The van der Waals surface area contributed by atoms with Crippen molar-refractivity contribution in [1.29, 1.82) is 0 Å². The van der Waals surface area contributed by atoms with Gasteiger partial charge in [0, 0.05) is 24.5 Å². The molecule has 0 saturated carbocycles. The third-order valence-corrected chi connectivity index (χ3v) is 10.3. The number of amides is 1. The van der Waals surface area contributed by atoms with Crippen LogP contribution in [-0.4, -0.2) is 76.2 Å². The minimum atomic E-state index is -0.647. The predicted molar refractivity (Wildman–Crippen MR) is 146 cm³/mol. The molecule has 200 valence electrons. The molecule has 7 nitrogen and oxygen atoms in total.